The number of pyridine rings is 1. The number of hydrogen-bond donors (Lipinski definition) is 2. The number of nitrogens with one attached hydrogen (secondary N) is 1. The Morgan fingerprint density at radius 3 is 2.58 bits per heavy atom. The monoisotopic (exact) mass is 563 g/mol. The molecule has 0 aliphatic heterocycles. The Hall–Kier alpha value is -3.64. The zero-order chi connectivity index (χ0) is 28.0. The van der Waals surface area contributed by atoms with E-state index in [1.807, 2.05) is 18.3 Å². The van der Waals surface area contributed by atoms with Gasteiger partial charge in [-0.05, 0) is 64.5 Å². The molecule has 2 fully saturated rings. The van der Waals surface area contributed by atoms with Crippen LogP contribution in [0.25, 0.3) is 22.3 Å². The molecule has 0 unspecified atom stereocenters. The van der Waals surface area contributed by atoms with Gasteiger partial charge in [-0.2, -0.15) is 9.19 Å². The number of carbonyl (C=O) groups excluding carboxylic acids is 1. The van der Waals surface area contributed by atoms with Gasteiger partial charge in [-0.15, -0.1) is 0 Å². The van der Waals surface area contributed by atoms with Crippen molar-refractivity contribution in [3.63, 3.8) is 0 Å². The summed E-state index contributed by atoms with van der Waals surface area (Å²) < 4.78 is 28.1. The fourth-order valence-corrected chi connectivity index (χ4v) is 6.75. The van der Waals surface area contributed by atoms with Crippen LogP contribution < -0.4 is 5.32 Å². The second-order valence-corrected chi connectivity index (χ2v) is 13.2. The summed E-state index contributed by atoms with van der Waals surface area (Å²) in [5.74, 6) is 0.278. The van der Waals surface area contributed by atoms with Gasteiger partial charge in [0.25, 0.3) is 15.9 Å². The highest BCUT2D eigenvalue weighted by atomic mass is 32.2. The molecular weight excluding hydrogens is 530 g/mol. The van der Waals surface area contributed by atoms with Crippen molar-refractivity contribution in [3.8, 4) is 11.4 Å². The van der Waals surface area contributed by atoms with E-state index in [1.54, 1.807) is 12.4 Å². The lowest BCUT2D eigenvalue weighted by Gasteiger charge is -2.26. The highest BCUT2D eigenvalue weighted by Gasteiger charge is 2.37. The molecule has 1 amide bonds. The molecule has 210 valence electrons. The largest absolute Gasteiger partial charge is 0.393 e. The Kier molecular flexibility index (Phi) is 6.91. The van der Waals surface area contributed by atoms with Crippen LogP contribution in [0.1, 0.15) is 80.2 Å². The van der Waals surface area contributed by atoms with Crippen molar-refractivity contribution in [1.29, 1.82) is 0 Å². The second-order valence-electron chi connectivity index (χ2n) is 11.1. The van der Waals surface area contributed by atoms with Gasteiger partial charge in [0.1, 0.15) is 0 Å². The quantitative estimate of drug-likeness (QED) is 0.332. The lowest BCUT2D eigenvalue weighted by atomic mass is 9.93. The molecule has 40 heavy (non-hydrogen) atoms. The predicted molar refractivity (Wildman–Crippen MR) is 149 cm³/mol. The molecule has 2 N–H and O–H groups in total. The molecular formula is C28H33N7O4S. The summed E-state index contributed by atoms with van der Waals surface area (Å²) >= 11 is 0. The maximum atomic E-state index is 13.2. The van der Waals surface area contributed by atoms with Gasteiger partial charge in [0, 0.05) is 48.2 Å². The van der Waals surface area contributed by atoms with E-state index in [9.17, 15) is 18.3 Å². The van der Waals surface area contributed by atoms with Crippen molar-refractivity contribution < 1.29 is 18.3 Å². The average Bonchev–Trinajstić information content (AvgIpc) is 3.55. The first-order valence-electron chi connectivity index (χ1n) is 13.8. The van der Waals surface area contributed by atoms with Crippen LogP contribution in [0, 0.1) is 0 Å². The molecule has 12 heteroatoms. The summed E-state index contributed by atoms with van der Waals surface area (Å²) in [7, 11) is -3.46. The number of aromatic nitrogens is 6. The summed E-state index contributed by atoms with van der Waals surface area (Å²) in [4.78, 5) is 26.9. The van der Waals surface area contributed by atoms with Crippen molar-refractivity contribution >= 4 is 26.8 Å². The topological polar surface area (TPSA) is 145 Å². The number of rotatable bonds is 8. The van der Waals surface area contributed by atoms with Crippen LogP contribution in [0.5, 0.6) is 0 Å². The molecule has 0 bridgehead atoms. The minimum absolute atomic E-state index is 0.0634. The summed E-state index contributed by atoms with van der Waals surface area (Å²) in [5.41, 5.74) is 3.57. The first-order chi connectivity index (χ1) is 19.2. The third kappa shape index (κ3) is 5.25. The molecule has 0 saturated heterocycles. The lowest BCUT2D eigenvalue weighted by molar-refractivity contribution is 0.0869. The maximum absolute atomic E-state index is 13.2. The number of carbonyl (C=O) groups is 1. The molecule has 2 saturated carbocycles. The first kappa shape index (κ1) is 26.6. The predicted octanol–water partition coefficient (Wildman–Crippen LogP) is 3.24. The van der Waals surface area contributed by atoms with Crippen LogP contribution in [0.2, 0.25) is 0 Å². The Bertz CT molecular complexity index is 1660. The Morgan fingerprint density at radius 1 is 1.07 bits per heavy atom. The normalized spacial score (nSPS) is 19.8. The summed E-state index contributed by atoms with van der Waals surface area (Å²) in [5, 5.41) is 17.4. The van der Waals surface area contributed by atoms with E-state index in [0.717, 1.165) is 39.2 Å². The van der Waals surface area contributed by atoms with Crippen molar-refractivity contribution in [2.45, 2.75) is 82.2 Å². The fourth-order valence-electron chi connectivity index (χ4n) is 5.27. The molecule has 4 aromatic rings. The average molecular weight is 564 g/mol. The van der Waals surface area contributed by atoms with Crippen LogP contribution >= 0.6 is 0 Å². The second kappa shape index (κ2) is 10.4. The number of aliphatic hydroxyl groups is 1. The third-order valence-electron chi connectivity index (χ3n) is 7.71. The summed E-state index contributed by atoms with van der Waals surface area (Å²) in [6.07, 6.45) is 12.7. The number of fused-ring (bicyclic) bond motifs is 1. The van der Waals surface area contributed by atoms with E-state index in [-0.39, 0.29) is 29.3 Å². The molecule has 2 aliphatic carbocycles. The minimum Gasteiger partial charge on any atom is -0.393 e. The third-order valence-corrected chi connectivity index (χ3v) is 9.74. The van der Waals surface area contributed by atoms with Gasteiger partial charge in [0.15, 0.2) is 5.82 Å². The minimum atomic E-state index is -3.46. The van der Waals surface area contributed by atoms with Crippen LogP contribution in [-0.4, -0.2) is 65.5 Å². The van der Waals surface area contributed by atoms with Crippen molar-refractivity contribution in [2.24, 2.45) is 0 Å². The Labute approximate surface area is 232 Å². The van der Waals surface area contributed by atoms with E-state index < -0.39 is 10.0 Å². The molecule has 4 heterocycles. The first-order valence-corrected chi connectivity index (χ1v) is 15.3. The van der Waals surface area contributed by atoms with E-state index in [2.05, 4.69) is 43.8 Å². The van der Waals surface area contributed by atoms with Gasteiger partial charge in [0.2, 0.25) is 0 Å². The van der Waals surface area contributed by atoms with E-state index >= 15 is 0 Å². The van der Waals surface area contributed by atoms with Crippen LogP contribution in [0.3, 0.4) is 0 Å². The Morgan fingerprint density at radius 2 is 1.85 bits per heavy atom. The molecule has 0 spiro atoms. The smallest absolute Gasteiger partial charge is 0.256 e. The fraction of sp³-hybridized carbons (Fsp3) is 0.464. The Balaban J connectivity index is 1.24. The molecule has 0 radical (unpaired) electrons. The van der Waals surface area contributed by atoms with E-state index in [0.29, 0.717) is 49.1 Å². The van der Waals surface area contributed by atoms with Crippen molar-refractivity contribution in [1.82, 2.24) is 34.0 Å². The summed E-state index contributed by atoms with van der Waals surface area (Å²) in [6.45, 7) is 4.15. The molecule has 6 rings (SSSR count). The van der Waals surface area contributed by atoms with E-state index in [4.69, 9.17) is 0 Å². The van der Waals surface area contributed by atoms with Crippen molar-refractivity contribution in [3.05, 3.63) is 60.1 Å². The SMILES string of the molecule is CC(C)n1cc(C(=O)NC2CCC(O)CC2)c2cnc(Cc3ccnc(-c4cnn(S(=O)(=O)C5CC5)c4)n3)cc21. The molecule has 4 aromatic heterocycles. The van der Waals surface area contributed by atoms with Crippen molar-refractivity contribution in [2.75, 3.05) is 0 Å². The van der Waals surface area contributed by atoms with Crippen LogP contribution in [0.4, 0.5) is 0 Å². The highest BCUT2D eigenvalue weighted by molar-refractivity contribution is 7.90. The van der Waals surface area contributed by atoms with E-state index in [1.165, 1.54) is 12.4 Å². The molecule has 0 aromatic carbocycles. The maximum Gasteiger partial charge on any atom is 0.256 e. The van der Waals surface area contributed by atoms with Gasteiger partial charge in [-0.3, -0.25) is 9.78 Å². The standard InChI is InChI=1S/C28H33N7O4S/c1-17(2)34-16-25(28(37)33-19-3-5-22(36)6-4-19)24-14-30-21(12-26(24)34)11-20-9-10-29-27(32-20)18-13-31-35(15-18)40(38,39)23-7-8-23/h9-10,12-17,19,22-23,36H,3-8,11H2,1-2H3,(H,33,37). The van der Waals surface area contributed by atoms with Gasteiger partial charge >= 0.3 is 0 Å². The zero-order valence-electron chi connectivity index (χ0n) is 22.6. The molecule has 2 aliphatic rings. The number of aliphatic hydroxyl groups excluding tert-OH is 1. The molecule has 11 nitrogen and oxygen atoms in total. The van der Waals surface area contributed by atoms with Gasteiger partial charge in [-0.1, -0.05) is 0 Å². The molecule has 0 atom stereocenters. The van der Waals surface area contributed by atoms with Crippen LogP contribution in [0.15, 0.2) is 43.1 Å². The summed E-state index contributed by atoms with van der Waals surface area (Å²) in [6, 6.07) is 4.00. The number of amides is 1. The van der Waals surface area contributed by atoms with Gasteiger partial charge in [-0.25, -0.2) is 18.4 Å². The van der Waals surface area contributed by atoms with Gasteiger partial charge < -0.3 is 15.0 Å². The highest BCUT2D eigenvalue weighted by Crippen LogP contribution is 2.30. The van der Waals surface area contributed by atoms with Gasteiger partial charge in [0.05, 0.1) is 46.1 Å². The number of nitrogens with zero attached hydrogens (tertiary/aromatic N) is 6. The zero-order valence-corrected chi connectivity index (χ0v) is 23.4. The lowest BCUT2D eigenvalue weighted by Crippen LogP contribution is -2.38. The number of hydrogen-bond acceptors (Lipinski definition) is 8. The van der Waals surface area contributed by atoms with Crippen LogP contribution in [-0.2, 0) is 16.4 Å².